The van der Waals surface area contributed by atoms with Crippen molar-refractivity contribution in [2.24, 2.45) is 0 Å². The minimum absolute atomic E-state index is 0.0640. The largest absolute Gasteiger partial charge is 0.487 e. The van der Waals surface area contributed by atoms with Gasteiger partial charge in [-0.3, -0.25) is 9.59 Å². The minimum Gasteiger partial charge on any atom is -0.487 e. The fourth-order valence-corrected chi connectivity index (χ4v) is 5.51. The summed E-state index contributed by atoms with van der Waals surface area (Å²) in [4.78, 5) is 27.3. The van der Waals surface area contributed by atoms with Crippen LogP contribution in [0.25, 0.3) is 0 Å². The molecular formula is C26H29ClN4O8S. The number of benzene rings is 2. The monoisotopic (exact) mass is 592 g/mol. The Morgan fingerprint density at radius 1 is 1.10 bits per heavy atom. The molecule has 1 aromatic heterocycles. The van der Waals surface area contributed by atoms with Gasteiger partial charge < -0.3 is 29.0 Å². The highest BCUT2D eigenvalue weighted by atomic mass is 35.5. The highest BCUT2D eigenvalue weighted by Crippen LogP contribution is 2.36. The van der Waals surface area contributed by atoms with E-state index in [4.69, 9.17) is 30.3 Å². The van der Waals surface area contributed by atoms with Gasteiger partial charge in [-0.2, -0.15) is 0 Å². The Morgan fingerprint density at radius 3 is 2.62 bits per heavy atom. The summed E-state index contributed by atoms with van der Waals surface area (Å²) in [5, 5.41) is 6.77. The van der Waals surface area contributed by atoms with Crippen molar-refractivity contribution in [2.75, 3.05) is 44.8 Å². The number of ether oxygens (including phenoxy) is 3. The molecule has 0 spiro atoms. The number of para-hydroxylation sites is 2. The molecule has 0 radical (unpaired) electrons. The third-order valence-corrected chi connectivity index (χ3v) is 7.77. The van der Waals surface area contributed by atoms with Crippen molar-refractivity contribution in [1.29, 1.82) is 0 Å². The average Bonchev–Trinajstić information content (AvgIpc) is 3.25. The Bertz CT molecular complexity index is 1460. The number of fused-ring (bicyclic) bond motifs is 2. The summed E-state index contributed by atoms with van der Waals surface area (Å²) < 4.78 is 50.1. The summed E-state index contributed by atoms with van der Waals surface area (Å²) >= 11 is 6.17. The van der Waals surface area contributed by atoms with Crippen molar-refractivity contribution in [3.8, 4) is 17.2 Å². The number of sulfonamides is 1. The smallest absolute Gasteiger partial charge is 0.245 e. The molecule has 1 aliphatic rings. The van der Waals surface area contributed by atoms with Gasteiger partial charge >= 0.3 is 0 Å². The topological polar surface area (TPSA) is 149 Å². The number of aromatic nitrogens is 1. The SMILES string of the molecule is Cc1noc(C)c1S(=O)(=O)NCCC(=O)N1CCOCCOc2ccccc2Oc2ccc(Cl)cc2NC(=O)C1. The maximum absolute atomic E-state index is 13.0. The second-order valence-electron chi connectivity index (χ2n) is 8.81. The predicted molar refractivity (Wildman–Crippen MR) is 145 cm³/mol. The van der Waals surface area contributed by atoms with Gasteiger partial charge in [0.1, 0.15) is 17.2 Å². The zero-order valence-corrected chi connectivity index (χ0v) is 23.5. The van der Waals surface area contributed by atoms with Crippen molar-refractivity contribution < 1.29 is 36.7 Å². The number of halogens is 1. The Balaban J connectivity index is 1.47. The highest BCUT2D eigenvalue weighted by molar-refractivity contribution is 7.89. The van der Waals surface area contributed by atoms with Crippen molar-refractivity contribution in [3.63, 3.8) is 0 Å². The van der Waals surface area contributed by atoms with Crippen LogP contribution < -0.4 is 19.5 Å². The number of anilines is 1. The lowest BCUT2D eigenvalue weighted by Gasteiger charge is -2.22. The molecule has 0 saturated carbocycles. The summed E-state index contributed by atoms with van der Waals surface area (Å²) in [5.41, 5.74) is 0.519. The van der Waals surface area contributed by atoms with Gasteiger partial charge in [0.2, 0.25) is 21.8 Å². The van der Waals surface area contributed by atoms with Crippen LogP contribution in [0.5, 0.6) is 17.2 Å². The van der Waals surface area contributed by atoms with Crippen LogP contribution in [0.2, 0.25) is 5.02 Å². The van der Waals surface area contributed by atoms with Crippen LogP contribution in [0, 0.1) is 13.8 Å². The van der Waals surface area contributed by atoms with E-state index in [1.807, 2.05) is 0 Å². The number of nitrogens with zero attached hydrogens (tertiary/aromatic N) is 2. The fourth-order valence-electron chi connectivity index (χ4n) is 3.98. The molecule has 40 heavy (non-hydrogen) atoms. The lowest BCUT2D eigenvalue weighted by atomic mass is 10.2. The molecule has 0 unspecified atom stereocenters. The first-order valence-electron chi connectivity index (χ1n) is 12.4. The lowest BCUT2D eigenvalue weighted by Crippen LogP contribution is -2.41. The zero-order chi connectivity index (χ0) is 28.7. The number of amides is 2. The average molecular weight is 593 g/mol. The number of carbonyl (C=O) groups excluding carboxylic acids is 2. The van der Waals surface area contributed by atoms with E-state index in [0.717, 1.165) is 0 Å². The predicted octanol–water partition coefficient (Wildman–Crippen LogP) is 3.28. The van der Waals surface area contributed by atoms with Crippen molar-refractivity contribution in [1.82, 2.24) is 14.8 Å². The molecule has 0 atom stereocenters. The standard InChI is InChI=1S/C26H29ClN4O8S/c1-17-26(18(2)39-30-17)40(34,35)28-10-9-25(33)31-11-12-36-13-14-37-22-5-3-4-6-23(22)38-21-8-7-19(27)15-20(21)29-24(32)16-31/h3-8,15,28H,9-14,16H2,1-2H3,(H,29,32). The van der Waals surface area contributed by atoms with Crippen LogP contribution in [-0.4, -0.2) is 69.7 Å². The number of carbonyl (C=O) groups is 2. The van der Waals surface area contributed by atoms with Crippen LogP contribution in [0.15, 0.2) is 51.9 Å². The maximum atomic E-state index is 13.0. The van der Waals surface area contributed by atoms with E-state index >= 15 is 0 Å². The van der Waals surface area contributed by atoms with Crippen LogP contribution in [0.1, 0.15) is 17.9 Å². The van der Waals surface area contributed by atoms with Crippen LogP contribution in [-0.2, 0) is 24.3 Å². The Labute approximate surface area is 236 Å². The van der Waals surface area contributed by atoms with Crippen molar-refractivity contribution in [3.05, 3.63) is 58.9 Å². The minimum atomic E-state index is -3.94. The third kappa shape index (κ3) is 7.50. The van der Waals surface area contributed by atoms with Gasteiger partial charge in [-0.15, -0.1) is 0 Å². The molecule has 4 rings (SSSR count). The second-order valence-corrected chi connectivity index (χ2v) is 11.0. The molecule has 0 aliphatic carbocycles. The van der Waals surface area contributed by atoms with Crippen molar-refractivity contribution >= 4 is 39.1 Å². The number of nitrogens with one attached hydrogen (secondary N) is 2. The molecule has 214 valence electrons. The molecular weight excluding hydrogens is 564 g/mol. The molecule has 0 saturated heterocycles. The normalized spacial score (nSPS) is 15.0. The second kappa shape index (κ2) is 13.1. The summed E-state index contributed by atoms with van der Waals surface area (Å²) in [6, 6.07) is 11.9. The Morgan fingerprint density at radius 2 is 1.88 bits per heavy atom. The molecule has 1 aliphatic heterocycles. The molecule has 2 heterocycles. The summed E-state index contributed by atoms with van der Waals surface area (Å²) in [5.74, 6) is 0.445. The number of aryl methyl sites for hydroxylation is 2. The van der Waals surface area contributed by atoms with E-state index in [2.05, 4.69) is 15.2 Å². The van der Waals surface area contributed by atoms with E-state index in [0.29, 0.717) is 28.0 Å². The number of hydrogen-bond acceptors (Lipinski definition) is 9. The molecule has 0 bridgehead atoms. The van der Waals surface area contributed by atoms with Gasteiger partial charge in [-0.05, 0) is 44.2 Å². The number of rotatable bonds is 5. The van der Waals surface area contributed by atoms with Gasteiger partial charge in [0.15, 0.2) is 23.0 Å². The molecule has 3 aromatic rings. The van der Waals surface area contributed by atoms with Crippen LogP contribution in [0.3, 0.4) is 0 Å². The molecule has 0 fully saturated rings. The van der Waals surface area contributed by atoms with E-state index in [9.17, 15) is 18.0 Å². The van der Waals surface area contributed by atoms with Crippen molar-refractivity contribution in [2.45, 2.75) is 25.2 Å². The lowest BCUT2D eigenvalue weighted by molar-refractivity contribution is -0.135. The first-order chi connectivity index (χ1) is 19.1. The van der Waals surface area contributed by atoms with E-state index < -0.39 is 21.8 Å². The molecule has 14 heteroatoms. The van der Waals surface area contributed by atoms with Gasteiger partial charge in [-0.1, -0.05) is 28.9 Å². The third-order valence-electron chi connectivity index (χ3n) is 5.83. The first-order valence-corrected chi connectivity index (χ1v) is 14.3. The quantitative estimate of drug-likeness (QED) is 0.455. The molecule has 2 amide bonds. The Hall–Kier alpha value is -3.65. The summed E-state index contributed by atoms with van der Waals surface area (Å²) in [7, 11) is -3.94. The van der Waals surface area contributed by atoms with Gasteiger partial charge in [0.25, 0.3) is 0 Å². The fraction of sp³-hybridized carbons (Fsp3) is 0.346. The van der Waals surface area contributed by atoms with Gasteiger partial charge in [0.05, 0.1) is 25.4 Å². The maximum Gasteiger partial charge on any atom is 0.245 e. The van der Waals surface area contributed by atoms with E-state index in [-0.39, 0.29) is 62.2 Å². The molecule has 2 N–H and O–H groups in total. The molecule has 12 nitrogen and oxygen atoms in total. The summed E-state index contributed by atoms with van der Waals surface area (Å²) in [6.07, 6.45) is -0.195. The molecule has 2 aromatic carbocycles. The van der Waals surface area contributed by atoms with E-state index in [1.165, 1.54) is 24.8 Å². The van der Waals surface area contributed by atoms with Crippen LogP contribution >= 0.6 is 11.6 Å². The van der Waals surface area contributed by atoms with E-state index in [1.54, 1.807) is 36.4 Å². The number of hydrogen-bond donors (Lipinski definition) is 2. The van der Waals surface area contributed by atoms with Gasteiger partial charge in [0, 0.05) is 24.5 Å². The first kappa shape index (κ1) is 29.3. The highest BCUT2D eigenvalue weighted by Gasteiger charge is 2.25. The Kier molecular flexibility index (Phi) is 9.63. The van der Waals surface area contributed by atoms with Crippen LogP contribution in [0.4, 0.5) is 5.69 Å². The van der Waals surface area contributed by atoms with Gasteiger partial charge in [-0.25, -0.2) is 13.1 Å². The summed E-state index contributed by atoms with van der Waals surface area (Å²) in [6.45, 7) is 3.18. The zero-order valence-electron chi connectivity index (χ0n) is 21.9.